The van der Waals surface area contributed by atoms with Crippen molar-refractivity contribution in [1.82, 2.24) is 24.5 Å². The summed E-state index contributed by atoms with van der Waals surface area (Å²) >= 11 is 6.27. The Kier molecular flexibility index (Phi) is 5.88. The maximum atomic E-state index is 13.5. The van der Waals surface area contributed by atoms with Gasteiger partial charge < -0.3 is 8.98 Å². The van der Waals surface area contributed by atoms with Gasteiger partial charge in [0.25, 0.3) is 0 Å². The minimum atomic E-state index is -0.344. The highest BCUT2D eigenvalue weighted by molar-refractivity contribution is 6.30. The number of halogens is 1. The average Bonchev–Trinajstić information content (AvgIpc) is 3.43. The molecule has 1 fully saturated rings. The molecule has 9 heteroatoms. The van der Waals surface area contributed by atoms with Gasteiger partial charge in [0, 0.05) is 17.1 Å². The Morgan fingerprint density at radius 2 is 2.03 bits per heavy atom. The molecule has 0 aliphatic heterocycles. The molecule has 0 amide bonds. The molecule has 8 nitrogen and oxygen atoms in total. The van der Waals surface area contributed by atoms with Crippen LogP contribution in [0.15, 0.2) is 35.1 Å². The predicted octanol–water partition coefficient (Wildman–Crippen LogP) is 5.37. The van der Waals surface area contributed by atoms with Crippen LogP contribution in [0.3, 0.4) is 0 Å². The smallest absolute Gasteiger partial charge is 0.250 e. The number of oxazole rings is 1. The van der Waals surface area contributed by atoms with Crippen LogP contribution in [0.2, 0.25) is 5.02 Å². The van der Waals surface area contributed by atoms with E-state index < -0.39 is 0 Å². The summed E-state index contributed by atoms with van der Waals surface area (Å²) in [6.45, 7) is 4.57. The molecular weight excluding hydrogens is 452 g/mol. The fourth-order valence-electron chi connectivity index (χ4n) is 4.67. The second-order valence-corrected chi connectivity index (χ2v) is 9.38. The van der Waals surface area contributed by atoms with Crippen molar-refractivity contribution in [3.05, 3.63) is 58.8 Å². The number of aryl methyl sites for hydroxylation is 1. The van der Waals surface area contributed by atoms with Crippen LogP contribution in [0.25, 0.3) is 22.4 Å². The van der Waals surface area contributed by atoms with Crippen LogP contribution in [0.1, 0.15) is 60.5 Å². The van der Waals surface area contributed by atoms with Crippen molar-refractivity contribution in [2.45, 2.75) is 46.1 Å². The number of aromatic nitrogens is 5. The molecule has 0 N–H and O–H groups in total. The van der Waals surface area contributed by atoms with Gasteiger partial charge in [0.1, 0.15) is 23.0 Å². The Balaban J connectivity index is 1.74. The summed E-state index contributed by atoms with van der Waals surface area (Å²) in [7, 11) is 0. The number of nitrogens with zero attached hydrogens (tertiary/aromatic N) is 6. The fraction of sp³-hybridized carbons (Fsp3) is 0.360. The molecule has 1 aliphatic carbocycles. The molecule has 0 radical (unpaired) electrons. The van der Waals surface area contributed by atoms with Crippen LogP contribution >= 0.6 is 11.6 Å². The first-order chi connectivity index (χ1) is 16.4. The average molecular weight is 475 g/mol. The highest BCUT2D eigenvalue weighted by atomic mass is 35.5. The highest BCUT2D eigenvalue weighted by Gasteiger charge is 2.29. The maximum Gasteiger partial charge on any atom is 0.250 e. The van der Waals surface area contributed by atoms with Crippen LogP contribution in [-0.2, 0) is 6.54 Å². The van der Waals surface area contributed by atoms with Crippen LogP contribution < -0.4 is 0 Å². The number of benzene rings is 1. The molecule has 0 unspecified atom stereocenters. The van der Waals surface area contributed by atoms with E-state index in [1.165, 1.54) is 6.39 Å². The molecule has 0 saturated heterocycles. The van der Waals surface area contributed by atoms with Crippen molar-refractivity contribution >= 4 is 28.5 Å². The van der Waals surface area contributed by atoms with E-state index in [-0.39, 0.29) is 23.1 Å². The predicted molar refractivity (Wildman–Crippen MR) is 126 cm³/mol. The number of fused-ring (bicyclic) bond motifs is 1. The van der Waals surface area contributed by atoms with Crippen molar-refractivity contribution in [3.8, 4) is 17.3 Å². The van der Waals surface area contributed by atoms with Crippen molar-refractivity contribution in [3.63, 3.8) is 0 Å². The molecule has 5 rings (SSSR count). The molecule has 3 aromatic heterocycles. The first kappa shape index (κ1) is 22.2. The fourth-order valence-corrected chi connectivity index (χ4v) is 4.86. The summed E-state index contributed by atoms with van der Waals surface area (Å²) in [5.41, 5.74) is 2.38. The normalized spacial score (nSPS) is 18.2. The minimum Gasteiger partial charge on any atom is -0.448 e. The third kappa shape index (κ3) is 4.08. The zero-order valence-corrected chi connectivity index (χ0v) is 19.7. The highest BCUT2D eigenvalue weighted by Crippen LogP contribution is 2.34. The van der Waals surface area contributed by atoms with Gasteiger partial charge in [0.05, 0.1) is 0 Å². The summed E-state index contributed by atoms with van der Waals surface area (Å²) in [4.78, 5) is 31.1. The van der Waals surface area contributed by atoms with Gasteiger partial charge in [0.2, 0.25) is 11.6 Å². The second-order valence-electron chi connectivity index (χ2n) is 8.95. The molecule has 1 aliphatic rings. The van der Waals surface area contributed by atoms with Gasteiger partial charge in [-0.1, -0.05) is 43.5 Å². The Labute approximate surface area is 201 Å². The third-order valence-electron chi connectivity index (χ3n) is 6.54. The third-order valence-corrected chi connectivity index (χ3v) is 6.78. The van der Waals surface area contributed by atoms with Gasteiger partial charge in [0.15, 0.2) is 23.6 Å². The molecule has 0 bridgehead atoms. The van der Waals surface area contributed by atoms with E-state index in [1.807, 2.05) is 22.8 Å². The van der Waals surface area contributed by atoms with Crippen LogP contribution in [0.4, 0.5) is 0 Å². The van der Waals surface area contributed by atoms with E-state index in [9.17, 15) is 10.1 Å². The lowest BCUT2D eigenvalue weighted by Crippen LogP contribution is -2.21. The van der Waals surface area contributed by atoms with E-state index in [0.717, 1.165) is 31.2 Å². The largest absolute Gasteiger partial charge is 0.448 e. The summed E-state index contributed by atoms with van der Waals surface area (Å²) < 4.78 is 7.18. The number of nitriles is 1. The summed E-state index contributed by atoms with van der Waals surface area (Å²) in [5.74, 6) is 1.38. The van der Waals surface area contributed by atoms with E-state index in [0.29, 0.717) is 46.0 Å². The number of hydrogen-bond acceptors (Lipinski definition) is 7. The van der Waals surface area contributed by atoms with Crippen molar-refractivity contribution in [1.29, 1.82) is 5.26 Å². The van der Waals surface area contributed by atoms with Gasteiger partial charge >= 0.3 is 0 Å². The van der Waals surface area contributed by atoms with Crippen molar-refractivity contribution in [2.75, 3.05) is 0 Å². The number of hydrogen-bond donors (Lipinski definition) is 0. The number of ketones is 1. The molecule has 34 heavy (non-hydrogen) atoms. The molecule has 1 aromatic carbocycles. The van der Waals surface area contributed by atoms with Crippen LogP contribution in [0, 0.1) is 30.1 Å². The van der Waals surface area contributed by atoms with Crippen LogP contribution in [-0.4, -0.2) is 30.3 Å². The lowest BCUT2D eigenvalue weighted by molar-refractivity contribution is 0.101. The standard InChI is InChI=1S/C25H23ClN6O2/c1-14-6-8-16(9-7-14)12-32-22-21(17-4-3-5-18(26)10-17)29-19(11-27)30-24(22)31-25(32)23(33)20-15(2)34-13-28-20/h3-5,10,13-14,16H,6-9,12H2,1-2H3. The Morgan fingerprint density at radius 1 is 1.24 bits per heavy atom. The Morgan fingerprint density at radius 3 is 2.71 bits per heavy atom. The first-order valence-electron chi connectivity index (χ1n) is 11.3. The lowest BCUT2D eigenvalue weighted by atomic mass is 9.83. The van der Waals surface area contributed by atoms with Crippen molar-refractivity contribution < 1.29 is 9.21 Å². The number of carbonyl (C=O) groups excluding carboxylic acids is 1. The van der Waals surface area contributed by atoms with E-state index in [1.54, 1.807) is 19.1 Å². The van der Waals surface area contributed by atoms with Gasteiger partial charge in [-0.05, 0) is 43.7 Å². The Bertz CT molecular complexity index is 1430. The molecule has 0 atom stereocenters. The van der Waals surface area contributed by atoms with Gasteiger partial charge in [-0.15, -0.1) is 0 Å². The molecule has 3 heterocycles. The summed E-state index contributed by atoms with van der Waals surface area (Å²) in [6.07, 6.45) is 5.70. The quantitative estimate of drug-likeness (QED) is 0.357. The minimum absolute atomic E-state index is 0.0183. The molecule has 172 valence electrons. The summed E-state index contributed by atoms with van der Waals surface area (Å²) in [6, 6.07) is 9.27. The second kappa shape index (κ2) is 8.99. The van der Waals surface area contributed by atoms with E-state index in [2.05, 4.69) is 26.9 Å². The number of rotatable bonds is 5. The summed E-state index contributed by atoms with van der Waals surface area (Å²) in [5, 5.41) is 10.1. The molecule has 1 saturated carbocycles. The first-order valence-corrected chi connectivity index (χ1v) is 11.7. The van der Waals surface area contributed by atoms with Gasteiger partial charge in [-0.3, -0.25) is 4.79 Å². The SMILES string of the molecule is Cc1ocnc1C(=O)c1nc2nc(C#N)nc(-c3cccc(Cl)c3)c2n1CC1CCC(C)CC1. The molecular formula is C25H23ClN6O2. The molecule has 4 aromatic rings. The van der Waals surface area contributed by atoms with Gasteiger partial charge in [-0.2, -0.15) is 10.2 Å². The monoisotopic (exact) mass is 474 g/mol. The molecule has 0 spiro atoms. The van der Waals surface area contributed by atoms with Gasteiger partial charge in [-0.25, -0.2) is 15.0 Å². The lowest BCUT2D eigenvalue weighted by Gasteiger charge is -2.27. The van der Waals surface area contributed by atoms with E-state index in [4.69, 9.17) is 16.0 Å². The number of carbonyl (C=O) groups is 1. The topological polar surface area (TPSA) is 110 Å². The zero-order valence-electron chi connectivity index (χ0n) is 19.0. The number of imidazole rings is 1. The zero-order chi connectivity index (χ0) is 23.8. The van der Waals surface area contributed by atoms with Crippen LogP contribution in [0.5, 0.6) is 0 Å². The Hall–Kier alpha value is -3.57. The van der Waals surface area contributed by atoms with Crippen molar-refractivity contribution in [2.24, 2.45) is 11.8 Å². The van der Waals surface area contributed by atoms with E-state index >= 15 is 0 Å². The maximum absolute atomic E-state index is 13.5.